The quantitative estimate of drug-likeness (QED) is 0.770. The largest absolute Gasteiger partial charge is 0.306 e. The van der Waals surface area contributed by atoms with Crippen molar-refractivity contribution in [2.24, 2.45) is 0 Å². The summed E-state index contributed by atoms with van der Waals surface area (Å²) in [7, 11) is 0. The van der Waals surface area contributed by atoms with Crippen molar-refractivity contribution in [2.45, 2.75) is 13.0 Å². The topological polar surface area (TPSA) is 24.9 Å². The second-order valence-corrected chi connectivity index (χ2v) is 4.88. The van der Waals surface area contributed by atoms with Crippen LogP contribution in [0.2, 0.25) is 0 Å². The Morgan fingerprint density at radius 2 is 1.80 bits per heavy atom. The zero-order chi connectivity index (χ0) is 13.8. The molecule has 0 aliphatic carbocycles. The third kappa shape index (κ3) is 2.56. The molecule has 0 fully saturated rings. The van der Waals surface area contributed by atoms with Gasteiger partial charge in [0.15, 0.2) is 0 Å². The Morgan fingerprint density at radius 3 is 2.55 bits per heavy atom. The Balaban J connectivity index is 2.05. The summed E-state index contributed by atoms with van der Waals surface area (Å²) in [6.45, 7) is 3.05. The van der Waals surface area contributed by atoms with E-state index in [4.69, 9.17) is 0 Å². The molecule has 1 atom stereocenters. The average Bonchev–Trinajstić information content (AvgIpc) is 2.53. The Morgan fingerprint density at radius 1 is 0.950 bits per heavy atom. The number of hydrogen-bond acceptors (Lipinski definition) is 2. The van der Waals surface area contributed by atoms with E-state index in [1.165, 1.54) is 21.9 Å². The van der Waals surface area contributed by atoms with Crippen LogP contribution in [0, 0.1) is 0 Å². The summed E-state index contributed by atoms with van der Waals surface area (Å²) in [5, 5.41) is 6.09. The first-order valence-corrected chi connectivity index (χ1v) is 7.00. The van der Waals surface area contributed by atoms with Crippen LogP contribution >= 0.6 is 0 Å². The van der Waals surface area contributed by atoms with Crippen LogP contribution in [0.4, 0.5) is 0 Å². The summed E-state index contributed by atoms with van der Waals surface area (Å²) in [5.41, 5.74) is 2.48. The zero-order valence-electron chi connectivity index (χ0n) is 11.6. The minimum atomic E-state index is 0.193. The van der Waals surface area contributed by atoms with Gasteiger partial charge in [-0.15, -0.1) is 0 Å². The molecule has 2 heteroatoms. The van der Waals surface area contributed by atoms with E-state index in [-0.39, 0.29) is 6.04 Å². The average molecular weight is 262 g/mol. The third-order valence-corrected chi connectivity index (χ3v) is 3.53. The molecule has 0 bridgehead atoms. The highest BCUT2D eigenvalue weighted by Crippen LogP contribution is 2.25. The van der Waals surface area contributed by atoms with Gasteiger partial charge >= 0.3 is 0 Å². The maximum Gasteiger partial charge on any atom is 0.0592 e. The molecule has 0 saturated carbocycles. The van der Waals surface area contributed by atoms with E-state index in [2.05, 4.69) is 65.8 Å². The van der Waals surface area contributed by atoms with Crippen LogP contribution in [0.25, 0.3) is 10.8 Å². The smallest absolute Gasteiger partial charge is 0.0592 e. The fourth-order valence-corrected chi connectivity index (χ4v) is 2.57. The molecular weight excluding hydrogens is 244 g/mol. The Kier molecular flexibility index (Phi) is 3.75. The molecule has 0 aliphatic heterocycles. The summed E-state index contributed by atoms with van der Waals surface area (Å²) in [4.78, 5) is 4.24. The van der Waals surface area contributed by atoms with Crippen molar-refractivity contribution in [3.05, 3.63) is 78.1 Å². The molecule has 1 heterocycles. The molecule has 0 saturated heterocycles. The van der Waals surface area contributed by atoms with Crippen LogP contribution < -0.4 is 5.32 Å². The van der Waals surface area contributed by atoms with Gasteiger partial charge in [0.05, 0.1) is 6.04 Å². The molecule has 3 rings (SSSR count). The van der Waals surface area contributed by atoms with Gasteiger partial charge in [0.25, 0.3) is 0 Å². The second-order valence-electron chi connectivity index (χ2n) is 4.88. The van der Waals surface area contributed by atoms with Crippen LogP contribution in [0.5, 0.6) is 0 Å². The molecule has 0 amide bonds. The van der Waals surface area contributed by atoms with Crippen molar-refractivity contribution in [1.82, 2.24) is 10.3 Å². The van der Waals surface area contributed by atoms with E-state index in [9.17, 15) is 0 Å². The Bertz CT molecular complexity index is 692. The lowest BCUT2D eigenvalue weighted by molar-refractivity contribution is 0.629. The van der Waals surface area contributed by atoms with Crippen LogP contribution in [0.1, 0.15) is 24.1 Å². The van der Waals surface area contributed by atoms with Gasteiger partial charge in [0, 0.05) is 12.4 Å². The highest BCUT2D eigenvalue weighted by Gasteiger charge is 2.13. The fraction of sp³-hybridized carbons (Fsp3) is 0.167. The van der Waals surface area contributed by atoms with Crippen molar-refractivity contribution in [1.29, 1.82) is 0 Å². The molecular formula is C18H18N2. The number of benzene rings is 2. The van der Waals surface area contributed by atoms with E-state index in [0.717, 1.165) is 6.54 Å². The van der Waals surface area contributed by atoms with E-state index in [1.54, 1.807) is 0 Å². The van der Waals surface area contributed by atoms with Crippen molar-refractivity contribution in [2.75, 3.05) is 6.54 Å². The van der Waals surface area contributed by atoms with E-state index in [0.29, 0.717) is 0 Å². The van der Waals surface area contributed by atoms with Crippen LogP contribution in [0.3, 0.4) is 0 Å². The van der Waals surface area contributed by atoms with Gasteiger partial charge in [-0.2, -0.15) is 0 Å². The van der Waals surface area contributed by atoms with Gasteiger partial charge in [-0.3, -0.25) is 4.98 Å². The number of rotatable bonds is 4. The summed E-state index contributed by atoms with van der Waals surface area (Å²) in [5.74, 6) is 0. The number of hydrogen-bond donors (Lipinski definition) is 1. The summed E-state index contributed by atoms with van der Waals surface area (Å²) >= 11 is 0. The molecule has 0 radical (unpaired) electrons. The highest BCUT2D eigenvalue weighted by atomic mass is 14.9. The van der Waals surface area contributed by atoms with Crippen molar-refractivity contribution < 1.29 is 0 Å². The molecule has 0 spiro atoms. The minimum absolute atomic E-state index is 0.193. The van der Waals surface area contributed by atoms with Gasteiger partial charge < -0.3 is 5.32 Å². The fourth-order valence-electron chi connectivity index (χ4n) is 2.57. The monoisotopic (exact) mass is 262 g/mol. The number of aromatic nitrogens is 1. The highest BCUT2D eigenvalue weighted by molar-refractivity contribution is 5.83. The summed E-state index contributed by atoms with van der Waals surface area (Å²) in [6, 6.07) is 19.4. The molecule has 100 valence electrons. The second kappa shape index (κ2) is 5.85. The Labute approximate surface area is 119 Å². The van der Waals surface area contributed by atoms with Crippen LogP contribution in [-0.2, 0) is 0 Å². The minimum Gasteiger partial charge on any atom is -0.306 e. The molecule has 3 aromatic rings. The number of fused-ring (bicyclic) bond motifs is 1. The van der Waals surface area contributed by atoms with Gasteiger partial charge in [0.2, 0.25) is 0 Å². The summed E-state index contributed by atoms with van der Waals surface area (Å²) in [6.07, 6.45) is 3.75. The summed E-state index contributed by atoms with van der Waals surface area (Å²) < 4.78 is 0. The van der Waals surface area contributed by atoms with Crippen molar-refractivity contribution in [3.63, 3.8) is 0 Å². The first kappa shape index (κ1) is 12.8. The predicted molar refractivity (Wildman–Crippen MR) is 83.7 cm³/mol. The molecule has 1 aromatic heterocycles. The first-order valence-electron chi connectivity index (χ1n) is 7.00. The lowest BCUT2D eigenvalue weighted by Gasteiger charge is -2.19. The maximum absolute atomic E-state index is 4.24. The molecule has 0 aliphatic rings. The first-order chi connectivity index (χ1) is 9.88. The SMILES string of the molecule is CCNC(c1cccnc1)c1ccc2ccccc2c1. The Hall–Kier alpha value is -2.19. The van der Waals surface area contributed by atoms with Crippen molar-refractivity contribution in [3.8, 4) is 0 Å². The lowest BCUT2D eigenvalue weighted by atomic mass is 9.97. The number of pyridine rings is 1. The van der Waals surface area contributed by atoms with Crippen molar-refractivity contribution >= 4 is 10.8 Å². The van der Waals surface area contributed by atoms with Gasteiger partial charge in [0.1, 0.15) is 0 Å². The van der Waals surface area contributed by atoms with Crippen LogP contribution in [-0.4, -0.2) is 11.5 Å². The molecule has 1 unspecified atom stereocenters. The normalized spacial score (nSPS) is 12.4. The van der Waals surface area contributed by atoms with Gasteiger partial charge in [-0.05, 0) is 40.6 Å². The standard InChI is InChI=1S/C18H18N2/c1-2-20-18(17-8-5-11-19-13-17)16-10-9-14-6-3-4-7-15(14)12-16/h3-13,18,20H,2H2,1H3. The number of nitrogens with zero attached hydrogens (tertiary/aromatic N) is 1. The third-order valence-electron chi connectivity index (χ3n) is 3.53. The molecule has 2 nitrogen and oxygen atoms in total. The molecule has 1 N–H and O–H groups in total. The van der Waals surface area contributed by atoms with E-state index < -0.39 is 0 Å². The number of nitrogens with one attached hydrogen (secondary N) is 1. The van der Waals surface area contributed by atoms with Crippen LogP contribution in [0.15, 0.2) is 67.0 Å². The van der Waals surface area contributed by atoms with Gasteiger partial charge in [-0.25, -0.2) is 0 Å². The molecule has 20 heavy (non-hydrogen) atoms. The molecule has 2 aromatic carbocycles. The maximum atomic E-state index is 4.24. The van der Waals surface area contributed by atoms with E-state index in [1.807, 2.05) is 18.5 Å². The zero-order valence-corrected chi connectivity index (χ0v) is 11.6. The van der Waals surface area contributed by atoms with Gasteiger partial charge in [-0.1, -0.05) is 49.4 Å². The predicted octanol–water partition coefficient (Wildman–Crippen LogP) is 3.93. The van der Waals surface area contributed by atoms with E-state index >= 15 is 0 Å². The lowest BCUT2D eigenvalue weighted by Crippen LogP contribution is -2.22.